The lowest BCUT2D eigenvalue weighted by Gasteiger charge is -2.14. The van der Waals surface area contributed by atoms with Crippen LogP contribution in [-0.4, -0.2) is 28.5 Å². The molecule has 0 bridgehead atoms. The van der Waals surface area contributed by atoms with E-state index in [1.54, 1.807) is 6.20 Å². The summed E-state index contributed by atoms with van der Waals surface area (Å²) >= 11 is 0. The summed E-state index contributed by atoms with van der Waals surface area (Å²) in [6.07, 6.45) is 3.00. The molecule has 0 aliphatic heterocycles. The SMILES string of the molecule is CC(C)c1ncncc1C(=O)N[C@@H](C)CN.Cl. The van der Waals surface area contributed by atoms with Crippen LogP contribution in [0, 0.1) is 0 Å². The number of halogens is 1. The van der Waals surface area contributed by atoms with Gasteiger partial charge in [-0.1, -0.05) is 13.8 Å². The number of carbonyl (C=O) groups excluding carboxylic acids is 1. The maximum Gasteiger partial charge on any atom is 0.254 e. The van der Waals surface area contributed by atoms with Crippen molar-refractivity contribution in [1.82, 2.24) is 15.3 Å². The first kappa shape index (κ1) is 15.8. The van der Waals surface area contributed by atoms with Gasteiger partial charge in [-0.15, -0.1) is 12.4 Å². The molecule has 1 rings (SSSR count). The molecule has 0 aromatic carbocycles. The Kier molecular flexibility index (Phi) is 6.68. The van der Waals surface area contributed by atoms with Crippen molar-refractivity contribution in [3.63, 3.8) is 0 Å². The quantitative estimate of drug-likeness (QED) is 0.847. The fourth-order valence-electron chi connectivity index (χ4n) is 1.33. The van der Waals surface area contributed by atoms with Crippen molar-refractivity contribution in [2.45, 2.75) is 32.7 Å². The number of aromatic nitrogens is 2. The summed E-state index contributed by atoms with van der Waals surface area (Å²) in [5, 5.41) is 2.80. The van der Waals surface area contributed by atoms with E-state index in [1.165, 1.54) is 6.33 Å². The molecule has 1 aromatic heterocycles. The predicted octanol–water partition coefficient (Wildman–Crippen LogP) is 1.10. The van der Waals surface area contributed by atoms with Gasteiger partial charge in [0.05, 0.1) is 11.3 Å². The van der Waals surface area contributed by atoms with Crippen LogP contribution in [0.25, 0.3) is 0 Å². The molecule has 5 nitrogen and oxygen atoms in total. The molecule has 0 spiro atoms. The largest absolute Gasteiger partial charge is 0.348 e. The summed E-state index contributed by atoms with van der Waals surface area (Å²) in [5.74, 6) is 0.0270. The van der Waals surface area contributed by atoms with Crippen molar-refractivity contribution in [2.75, 3.05) is 6.54 Å². The van der Waals surface area contributed by atoms with E-state index in [1.807, 2.05) is 20.8 Å². The Morgan fingerprint density at radius 1 is 1.47 bits per heavy atom. The van der Waals surface area contributed by atoms with Crippen LogP contribution in [0.15, 0.2) is 12.5 Å². The van der Waals surface area contributed by atoms with Gasteiger partial charge in [-0.2, -0.15) is 0 Å². The van der Waals surface area contributed by atoms with Crippen molar-refractivity contribution in [3.8, 4) is 0 Å². The number of hydrogen-bond acceptors (Lipinski definition) is 4. The summed E-state index contributed by atoms with van der Waals surface area (Å²) in [6.45, 7) is 6.25. The van der Waals surface area contributed by atoms with Crippen LogP contribution < -0.4 is 11.1 Å². The number of hydrogen-bond donors (Lipinski definition) is 2. The third-order valence-corrected chi connectivity index (χ3v) is 2.27. The first-order valence-electron chi connectivity index (χ1n) is 5.37. The minimum absolute atomic E-state index is 0. The molecule has 1 atom stereocenters. The Hall–Kier alpha value is -1.20. The summed E-state index contributed by atoms with van der Waals surface area (Å²) in [4.78, 5) is 19.9. The van der Waals surface area contributed by atoms with E-state index in [4.69, 9.17) is 5.73 Å². The third-order valence-electron chi connectivity index (χ3n) is 2.27. The average Bonchev–Trinajstić information content (AvgIpc) is 2.28. The monoisotopic (exact) mass is 258 g/mol. The van der Waals surface area contributed by atoms with Crippen LogP contribution in [0.3, 0.4) is 0 Å². The molecule has 0 aliphatic carbocycles. The smallest absolute Gasteiger partial charge is 0.254 e. The van der Waals surface area contributed by atoms with Gasteiger partial charge in [0.1, 0.15) is 6.33 Å². The Labute approximate surface area is 108 Å². The Bertz CT molecular complexity index is 370. The molecule has 96 valence electrons. The highest BCUT2D eigenvalue weighted by Crippen LogP contribution is 2.15. The molecule has 1 heterocycles. The van der Waals surface area contributed by atoms with Crippen molar-refractivity contribution in [3.05, 3.63) is 23.8 Å². The number of nitrogens with two attached hydrogens (primary N) is 1. The van der Waals surface area contributed by atoms with Gasteiger partial charge in [-0.3, -0.25) is 4.79 Å². The van der Waals surface area contributed by atoms with Crippen LogP contribution in [-0.2, 0) is 0 Å². The van der Waals surface area contributed by atoms with Crippen LogP contribution >= 0.6 is 12.4 Å². The van der Waals surface area contributed by atoms with E-state index >= 15 is 0 Å². The first-order valence-corrected chi connectivity index (χ1v) is 5.37. The van der Waals surface area contributed by atoms with Crippen LogP contribution in [0.2, 0.25) is 0 Å². The molecule has 1 aromatic rings. The van der Waals surface area contributed by atoms with Gasteiger partial charge in [0.15, 0.2) is 0 Å². The molecule has 0 fully saturated rings. The van der Waals surface area contributed by atoms with Crippen LogP contribution in [0.5, 0.6) is 0 Å². The zero-order valence-corrected chi connectivity index (χ0v) is 11.1. The number of nitrogens with zero attached hydrogens (tertiary/aromatic N) is 2. The number of carbonyl (C=O) groups is 1. The van der Waals surface area contributed by atoms with Gasteiger partial charge in [0.2, 0.25) is 0 Å². The van der Waals surface area contributed by atoms with Gasteiger partial charge in [-0.25, -0.2) is 9.97 Å². The minimum atomic E-state index is -0.165. The van der Waals surface area contributed by atoms with Crippen molar-refractivity contribution in [1.29, 1.82) is 0 Å². The van der Waals surface area contributed by atoms with Gasteiger partial charge >= 0.3 is 0 Å². The summed E-state index contributed by atoms with van der Waals surface area (Å²) < 4.78 is 0. The molecule has 3 N–H and O–H groups in total. The fraction of sp³-hybridized carbons (Fsp3) is 0.545. The lowest BCUT2D eigenvalue weighted by molar-refractivity contribution is 0.0939. The lowest BCUT2D eigenvalue weighted by atomic mass is 10.0. The lowest BCUT2D eigenvalue weighted by Crippen LogP contribution is -2.38. The predicted molar refractivity (Wildman–Crippen MR) is 69.4 cm³/mol. The van der Waals surface area contributed by atoms with Crippen LogP contribution in [0.1, 0.15) is 42.7 Å². The van der Waals surface area contributed by atoms with Gasteiger partial charge < -0.3 is 11.1 Å². The van der Waals surface area contributed by atoms with Gasteiger partial charge in [0, 0.05) is 18.8 Å². The van der Waals surface area contributed by atoms with E-state index in [0.29, 0.717) is 12.1 Å². The second-order valence-corrected chi connectivity index (χ2v) is 4.09. The van der Waals surface area contributed by atoms with Crippen molar-refractivity contribution >= 4 is 18.3 Å². The highest BCUT2D eigenvalue weighted by molar-refractivity contribution is 5.95. The highest BCUT2D eigenvalue weighted by Gasteiger charge is 2.16. The average molecular weight is 259 g/mol. The molecule has 6 heteroatoms. The van der Waals surface area contributed by atoms with E-state index in [-0.39, 0.29) is 30.3 Å². The van der Waals surface area contributed by atoms with Crippen molar-refractivity contribution in [2.24, 2.45) is 5.73 Å². The molecular formula is C11H19ClN4O. The Balaban J connectivity index is 0.00000256. The first-order chi connectivity index (χ1) is 7.56. The van der Waals surface area contributed by atoms with Crippen LogP contribution in [0.4, 0.5) is 0 Å². The van der Waals surface area contributed by atoms with E-state index < -0.39 is 0 Å². The summed E-state index contributed by atoms with van der Waals surface area (Å²) in [7, 11) is 0. The number of amides is 1. The second kappa shape index (κ2) is 7.19. The fourth-order valence-corrected chi connectivity index (χ4v) is 1.33. The normalized spacial score (nSPS) is 11.8. The van der Waals surface area contributed by atoms with E-state index in [9.17, 15) is 4.79 Å². The van der Waals surface area contributed by atoms with E-state index in [0.717, 1.165) is 5.69 Å². The summed E-state index contributed by atoms with van der Waals surface area (Å²) in [6, 6.07) is -0.0484. The second-order valence-electron chi connectivity index (χ2n) is 4.09. The zero-order chi connectivity index (χ0) is 12.1. The summed E-state index contributed by atoms with van der Waals surface area (Å²) in [5.41, 5.74) is 6.74. The highest BCUT2D eigenvalue weighted by atomic mass is 35.5. The Morgan fingerprint density at radius 2 is 2.12 bits per heavy atom. The molecule has 0 radical (unpaired) electrons. The van der Waals surface area contributed by atoms with Gasteiger partial charge in [-0.05, 0) is 12.8 Å². The van der Waals surface area contributed by atoms with Crippen molar-refractivity contribution < 1.29 is 4.79 Å². The third kappa shape index (κ3) is 4.28. The molecule has 17 heavy (non-hydrogen) atoms. The maximum absolute atomic E-state index is 11.9. The minimum Gasteiger partial charge on any atom is -0.348 e. The Morgan fingerprint density at radius 3 is 2.65 bits per heavy atom. The molecule has 0 unspecified atom stereocenters. The molecule has 0 saturated carbocycles. The standard InChI is InChI=1S/C11H18N4O.ClH/c1-7(2)10-9(5-13-6-14-10)11(16)15-8(3)4-12;/h5-8H,4,12H2,1-3H3,(H,15,16);1H/t8-;/m0./s1. The number of nitrogens with one attached hydrogen (secondary N) is 1. The number of rotatable bonds is 4. The van der Waals surface area contributed by atoms with E-state index in [2.05, 4.69) is 15.3 Å². The van der Waals surface area contributed by atoms with Gasteiger partial charge in [0.25, 0.3) is 5.91 Å². The topological polar surface area (TPSA) is 80.9 Å². The zero-order valence-electron chi connectivity index (χ0n) is 10.3. The molecule has 1 amide bonds. The molecule has 0 aliphatic rings. The maximum atomic E-state index is 11.9. The molecule has 0 saturated heterocycles. The molecular weight excluding hydrogens is 240 g/mol.